The second kappa shape index (κ2) is 5.39. The van der Waals surface area contributed by atoms with E-state index in [0.29, 0.717) is 18.0 Å². The predicted molar refractivity (Wildman–Crippen MR) is 76.5 cm³/mol. The van der Waals surface area contributed by atoms with Gasteiger partial charge in [0.25, 0.3) is 0 Å². The summed E-state index contributed by atoms with van der Waals surface area (Å²) in [7, 11) is 1.81. The van der Waals surface area contributed by atoms with Gasteiger partial charge in [0.1, 0.15) is 5.69 Å². The third-order valence-electron chi connectivity index (χ3n) is 3.30. The second-order valence-corrected chi connectivity index (χ2v) is 5.29. The Morgan fingerprint density at radius 2 is 1.89 bits per heavy atom. The smallest absolute Gasteiger partial charge is 0.185 e. The number of ketones is 1. The van der Waals surface area contributed by atoms with Crippen molar-refractivity contribution in [1.82, 2.24) is 9.78 Å². The molecule has 0 atom stereocenters. The largest absolute Gasteiger partial charge is 0.292 e. The number of nitrogens with zero attached hydrogens (tertiary/aromatic N) is 2. The number of Topliss-reactive ketones (excluding diaryl/α,β-unsaturated/α-hetero) is 1. The standard InChI is InChI=1S/C16H20N2O/c1-11(2)14-7-5-13(6-8-14)10-16(19)15-9-12(3)17-18(15)4/h5-9,11H,10H2,1-4H3. The summed E-state index contributed by atoms with van der Waals surface area (Å²) in [5.74, 6) is 0.630. The van der Waals surface area contributed by atoms with Gasteiger partial charge in [-0.3, -0.25) is 9.48 Å². The van der Waals surface area contributed by atoms with Gasteiger partial charge in [0.05, 0.1) is 5.69 Å². The number of benzene rings is 1. The molecule has 0 saturated carbocycles. The summed E-state index contributed by atoms with van der Waals surface area (Å²) in [5, 5.41) is 4.21. The van der Waals surface area contributed by atoms with Gasteiger partial charge in [-0.05, 0) is 30.0 Å². The van der Waals surface area contributed by atoms with Crippen LogP contribution in [0.4, 0.5) is 0 Å². The molecule has 0 aliphatic carbocycles. The van der Waals surface area contributed by atoms with Gasteiger partial charge in [-0.25, -0.2) is 0 Å². The molecule has 0 aliphatic heterocycles. The summed E-state index contributed by atoms with van der Waals surface area (Å²) in [5.41, 5.74) is 3.90. The monoisotopic (exact) mass is 256 g/mol. The van der Waals surface area contributed by atoms with Crippen LogP contribution in [0, 0.1) is 6.92 Å². The van der Waals surface area contributed by atoms with Crippen molar-refractivity contribution in [3.05, 3.63) is 52.8 Å². The molecule has 1 aromatic heterocycles. The molecule has 2 aromatic rings. The average molecular weight is 256 g/mol. The molecule has 0 aliphatic rings. The second-order valence-electron chi connectivity index (χ2n) is 5.29. The molecule has 1 aromatic carbocycles. The summed E-state index contributed by atoms with van der Waals surface area (Å²) in [4.78, 5) is 12.2. The first-order valence-corrected chi connectivity index (χ1v) is 6.60. The highest BCUT2D eigenvalue weighted by atomic mass is 16.1. The molecule has 0 saturated heterocycles. The van der Waals surface area contributed by atoms with E-state index < -0.39 is 0 Å². The van der Waals surface area contributed by atoms with E-state index in [1.165, 1.54) is 5.56 Å². The molecule has 0 bridgehead atoms. The molecule has 0 N–H and O–H groups in total. The van der Waals surface area contributed by atoms with Crippen LogP contribution in [-0.4, -0.2) is 15.6 Å². The van der Waals surface area contributed by atoms with Crippen LogP contribution in [-0.2, 0) is 13.5 Å². The Balaban J connectivity index is 2.13. The van der Waals surface area contributed by atoms with Crippen molar-refractivity contribution < 1.29 is 4.79 Å². The van der Waals surface area contributed by atoms with E-state index in [9.17, 15) is 4.79 Å². The zero-order chi connectivity index (χ0) is 14.0. The molecule has 0 unspecified atom stereocenters. The molecule has 0 fully saturated rings. The zero-order valence-corrected chi connectivity index (χ0v) is 12.0. The van der Waals surface area contributed by atoms with Crippen LogP contribution in [0.1, 0.15) is 47.1 Å². The minimum Gasteiger partial charge on any atom is -0.292 e. The Morgan fingerprint density at radius 1 is 1.26 bits per heavy atom. The van der Waals surface area contributed by atoms with Crippen LogP contribution >= 0.6 is 0 Å². The molecule has 1 heterocycles. The Kier molecular flexibility index (Phi) is 3.84. The van der Waals surface area contributed by atoms with Crippen molar-refractivity contribution in [3.63, 3.8) is 0 Å². The maximum atomic E-state index is 12.2. The zero-order valence-electron chi connectivity index (χ0n) is 12.0. The van der Waals surface area contributed by atoms with E-state index in [1.807, 2.05) is 32.2 Å². The number of hydrogen-bond acceptors (Lipinski definition) is 2. The maximum absolute atomic E-state index is 12.2. The fraction of sp³-hybridized carbons (Fsp3) is 0.375. The van der Waals surface area contributed by atoms with Gasteiger partial charge in [-0.2, -0.15) is 5.10 Å². The van der Waals surface area contributed by atoms with Crippen LogP contribution in [0.2, 0.25) is 0 Å². The molecular formula is C16H20N2O. The number of hydrogen-bond donors (Lipinski definition) is 0. The fourth-order valence-corrected chi connectivity index (χ4v) is 2.17. The number of rotatable bonds is 4. The van der Waals surface area contributed by atoms with Crippen LogP contribution in [0.3, 0.4) is 0 Å². The first kappa shape index (κ1) is 13.5. The minimum absolute atomic E-state index is 0.111. The van der Waals surface area contributed by atoms with Crippen LogP contribution in [0.5, 0.6) is 0 Å². The molecule has 0 radical (unpaired) electrons. The van der Waals surface area contributed by atoms with Crippen molar-refractivity contribution >= 4 is 5.78 Å². The Bertz CT molecular complexity index is 579. The van der Waals surface area contributed by atoms with Gasteiger partial charge in [0.2, 0.25) is 0 Å². The highest BCUT2D eigenvalue weighted by Crippen LogP contribution is 2.16. The van der Waals surface area contributed by atoms with E-state index in [2.05, 4.69) is 31.1 Å². The van der Waals surface area contributed by atoms with E-state index in [-0.39, 0.29) is 5.78 Å². The number of carbonyl (C=O) groups is 1. The van der Waals surface area contributed by atoms with E-state index >= 15 is 0 Å². The van der Waals surface area contributed by atoms with Gasteiger partial charge in [0, 0.05) is 13.5 Å². The van der Waals surface area contributed by atoms with Crippen molar-refractivity contribution in [2.24, 2.45) is 7.05 Å². The van der Waals surface area contributed by atoms with Gasteiger partial charge in [-0.15, -0.1) is 0 Å². The van der Waals surface area contributed by atoms with Crippen LogP contribution in [0.15, 0.2) is 30.3 Å². The van der Waals surface area contributed by atoms with Crippen molar-refractivity contribution in [2.45, 2.75) is 33.1 Å². The predicted octanol–water partition coefficient (Wildman–Crippen LogP) is 3.28. The number of carbonyl (C=O) groups excluding carboxylic acids is 1. The van der Waals surface area contributed by atoms with Crippen LogP contribution < -0.4 is 0 Å². The SMILES string of the molecule is Cc1cc(C(=O)Cc2ccc(C(C)C)cc2)n(C)n1. The summed E-state index contributed by atoms with van der Waals surface area (Å²) >= 11 is 0. The third-order valence-corrected chi connectivity index (χ3v) is 3.30. The summed E-state index contributed by atoms with van der Waals surface area (Å²) in [6.45, 7) is 6.23. The number of aryl methyl sites for hydroxylation is 2. The summed E-state index contributed by atoms with van der Waals surface area (Å²) < 4.78 is 1.65. The molecule has 3 nitrogen and oxygen atoms in total. The number of aromatic nitrogens is 2. The molecule has 100 valence electrons. The maximum Gasteiger partial charge on any atom is 0.185 e. The van der Waals surface area contributed by atoms with Crippen molar-refractivity contribution in [2.75, 3.05) is 0 Å². The normalized spacial score (nSPS) is 11.0. The molecular weight excluding hydrogens is 236 g/mol. The minimum atomic E-state index is 0.111. The lowest BCUT2D eigenvalue weighted by Gasteiger charge is -2.06. The highest BCUT2D eigenvalue weighted by Gasteiger charge is 2.12. The van der Waals surface area contributed by atoms with Gasteiger partial charge < -0.3 is 0 Å². The fourth-order valence-electron chi connectivity index (χ4n) is 2.17. The van der Waals surface area contributed by atoms with Gasteiger partial charge in [-0.1, -0.05) is 38.1 Å². The first-order valence-electron chi connectivity index (χ1n) is 6.60. The topological polar surface area (TPSA) is 34.9 Å². The molecule has 2 rings (SSSR count). The molecule has 3 heteroatoms. The third kappa shape index (κ3) is 3.11. The summed E-state index contributed by atoms with van der Waals surface area (Å²) in [6.07, 6.45) is 0.428. The Morgan fingerprint density at radius 3 is 2.37 bits per heavy atom. The lowest BCUT2D eigenvalue weighted by Crippen LogP contribution is -2.09. The summed E-state index contributed by atoms with van der Waals surface area (Å²) in [6, 6.07) is 10.1. The highest BCUT2D eigenvalue weighted by molar-refractivity contribution is 5.96. The van der Waals surface area contributed by atoms with E-state index in [1.54, 1.807) is 4.68 Å². The van der Waals surface area contributed by atoms with Crippen molar-refractivity contribution in [1.29, 1.82) is 0 Å². The quantitative estimate of drug-likeness (QED) is 0.787. The van der Waals surface area contributed by atoms with Gasteiger partial charge in [0.15, 0.2) is 5.78 Å². The Labute approximate surface area is 114 Å². The lowest BCUT2D eigenvalue weighted by molar-refractivity contribution is 0.0984. The van der Waals surface area contributed by atoms with Crippen molar-refractivity contribution in [3.8, 4) is 0 Å². The molecule has 0 spiro atoms. The van der Waals surface area contributed by atoms with Crippen LogP contribution in [0.25, 0.3) is 0 Å². The average Bonchev–Trinajstić information content (AvgIpc) is 2.69. The van der Waals surface area contributed by atoms with Gasteiger partial charge >= 0.3 is 0 Å². The lowest BCUT2D eigenvalue weighted by atomic mass is 9.99. The van der Waals surface area contributed by atoms with E-state index in [0.717, 1.165) is 11.3 Å². The Hall–Kier alpha value is -1.90. The molecule has 0 amide bonds. The first-order chi connectivity index (χ1) is 8.97. The molecule has 19 heavy (non-hydrogen) atoms. The van der Waals surface area contributed by atoms with E-state index in [4.69, 9.17) is 0 Å².